The van der Waals surface area contributed by atoms with Crippen molar-refractivity contribution in [1.29, 1.82) is 5.26 Å². The zero-order chi connectivity index (χ0) is 21.9. The lowest BCUT2D eigenvalue weighted by molar-refractivity contribution is 0.0172. The molecule has 0 bridgehead atoms. The van der Waals surface area contributed by atoms with E-state index in [-0.39, 0.29) is 24.2 Å². The molecule has 30 heavy (non-hydrogen) atoms. The molecule has 0 spiro atoms. The number of hydrogen-bond donors (Lipinski definition) is 0. The van der Waals surface area contributed by atoms with E-state index in [9.17, 15) is 9.59 Å². The molecule has 1 aliphatic rings. The highest BCUT2D eigenvalue weighted by atomic mass is 16.6. The smallest absolute Gasteiger partial charge is 0.410 e. The molecule has 0 radical (unpaired) electrons. The minimum Gasteiger partial charge on any atom is -0.496 e. The Kier molecular flexibility index (Phi) is 6.31. The lowest BCUT2D eigenvalue weighted by atomic mass is 9.89. The van der Waals surface area contributed by atoms with E-state index in [4.69, 9.17) is 14.7 Å². The Bertz CT molecular complexity index is 1000. The zero-order valence-electron chi connectivity index (χ0n) is 18.0. The predicted octanol–water partition coefficient (Wildman–Crippen LogP) is 4.74. The maximum Gasteiger partial charge on any atom is 0.410 e. The molecule has 158 valence electrons. The lowest BCUT2D eigenvalue weighted by Gasteiger charge is -2.33. The standard InChI is InChI=1S/C24H28N2O4/c1-24(2,3)30-23(28)26-13-5-6-18(15-26)22(27)17-7-9-19-16(14-17)8-10-21(29-4)20(19)11-12-25/h7-10,14,18H,5-6,11,13,15H2,1-4H3. The van der Waals surface area contributed by atoms with Crippen LogP contribution in [0, 0.1) is 17.2 Å². The maximum atomic E-state index is 13.2. The summed E-state index contributed by atoms with van der Waals surface area (Å²) in [7, 11) is 1.58. The first-order valence-electron chi connectivity index (χ1n) is 10.2. The first-order chi connectivity index (χ1) is 14.2. The van der Waals surface area contributed by atoms with Crippen molar-refractivity contribution in [3.8, 4) is 11.8 Å². The Hall–Kier alpha value is -3.07. The van der Waals surface area contributed by atoms with E-state index in [2.05, 4.69) is 6.07 Å². The van der Waals surface area contributed by atoms with Crippen LogP contribution in [-0.2, 0) is 11.2 Å². The summed E-state index contributed by atoms with van der Waals surface area (Å²) < 4.78 is 10.8. The number of fused-ring (bicyclic) bond motifs is 1. The molecule has 1 aliphatic heterocycles. The Morgan fingerprint density at radius 2 is 2.00 bits per heavy atom. The number of carbonyl (C=O) groups excluding carboxylic acids is 2. The molecule has 3 rings (SSSR count). The molecule has 1 saturated heterocycles. The fourth-order valence-electron chi connectivity index (χ4n) is 3.90. The van der Waals surface area contributed by atoms with Crippen LogP contribution in [0.15, 0.2) is 30.3 Å². The lowest BCUT2D eigenvalue weighted by Crippen LogP contribution is -2.44. The van der Waals surface area contributed by atoms with Crippen LogP contribution in [0.5, 0.6) is 5.75 Å². The van der Waals surface area contributed by atoms with Gasteiger partial charge in [0.1, 0.15) is 11.4 Å². The second-order valence-corrected chi connectivity index (χ2v) is 8.65. The predicted molar refractivity (Wildman–Crippen MR) is 115 cm³/mol. The fraction of sp³-hybridized carbons (Fsp3) is 0.458. The van der Waals surface area contributed by atoms with Crippen molar-refractivity contribution in [2.24, 2.45) is 5.92 Å². The average molecular weight is 408 g/mol. The normalized spacial score (nSPS) is 16.8. The van der Waals surface area contributed by atoms with Crippen LogP contribution >= 0.6 is 0 Å². The highest BCUT2D eigenvalue weighted by Crippen LogP contribution is 2.30. The molecule has 0 saturated carbocycles. The van der Waals surface area contributed by atoms with Gasteiger partial charge in [-0.25, -0.2) is 4.79 Å². The summed E-state index contributed by atoms with van der Waals surface area (Å²) in [5.74, 6) is 0.451. The van der Waals surface area contributed by atoms with Gasteiger partial charge in [-0.3, -0.25) is 4.79 Å². The summed E-state index contributed by atoms with van der Waals surface area (Å²) in [5, 5.41) is 11.0. The monoisotopic (exact) mass is 408 g/mol. The van der Waals surface area contributed by atoms with E-state index >= 15 is 0 Å². The molecule has 1 atom stereocenters. The number of nitrogens with zero attached hydrogens (tertiary/aromatic N) is 2. The molecule has 1 heterocycles. The molecule has 2 aromatic rings. The fourth-order valence-corrected chi connectivity index (χ4v) is 3.90. The summed E-state index contributed by atoms with van der Waals surface area (Å²) in [6, 6.07) is 11.5. The topological polar surface area (TPSA) is 79.6 Å². The zero-order valence-corrected chi connectivity index (χ0v) is 18.0. The number of rotatable bonds is 4. The molecular formula is C24H28N2O4. The molecule has 1 unspecified atom stereocenters. The van der Waals surface area contributed by atoms with E-state index in [0.717, 1.165) is 29.2 Å². The maximum absolute atomic E-state index is 13.2. The number of ether oxygens (including phenoxy) is 2. The molecule has 2 aromatic carbocycles. The second kappa shape index (κ2) is 8.74. The number of Topliss-reactive ketones (excluding diaryl/α,β-unsaturated/α-hetero) is 1. The Labute approximate surface area is 177 Å². The van der Waals surface area contributed by atoms with Gasteiger partial charge in [0.15, 0.2) is 5.78 Å². The third-order valence-corrected chi connectivity index (χ3v) is 5.29. The number of piperidine rings is 1. The van der Waals surface area contributed by atoms with Gasteiger partial charge in [0.25, 0.3) is 0 Å². The minimum atomic E-state index is -0.561. The summed E-state index contributed by atoms with van der Waals surface area (Å²) in [6.45, 7) is 6.48. The van der Waals surface area contributed by atoms with Gasteiger partial charge in [-0.2, -0.15) is 5.26 Å². The Balaban J connectivity index is 1.82. The first kappa shape index (κ1) is 21.6. The highest BCUT2D eigenvalue weighted by molar-refractivity contribution is 6.02. The van der Waals surface area contributed by atoms with Crippen molar-refractivity contribution in [1.82, 2.24) is 4.90 Å². The second-order valence-electron chi connectivity index (χ2n) is 8.65. The first-order valence-corrected chi connectivity index (χ1v) is 10.2. The minimum absolute atomic E-state index is 0.0304. The molecule has 6 nitrogen and oxygen atoms in total. The molecule has 1 amide bonds. The van der Waals surface area contributed by atoms with E-state index < -0.39 is 5.60 Å². The van der Waals surface area contributed by atoms with Crippen LogP contribution < -0.4 is 4.74 Å². The van der Waals surface area contributed by atoms with Gasteiger partial charge in [-0.1, -0.05) is 18.2 Å². The number of hydrogen-bond acceptors (Lipinski definition) is 5. The van der Waals surface area contributed by atoms with Gasteiger partial charge in [0.2, 0.25) is 0 Å². The Morgan fingerprint density at radius 3 is 2.67 bits per heavy atom. The largest absolute Gasteiger partial charge is 0.496 e. The van der Waals surface area contributed by atoms with Crippen LogP contribution in [0.3, 0.4) is 0 Å². The van der Waals surface area contributed by atoms with Gasteiger partial charge in [-0.05, 0) is 56.5 Å². The molecule has 6 heteroatoms. The van der Waals surface area contributed by atoms with E-state index in [1.54, 1.807) is 18.1 Å². The molecule has 0 N–H and O–H groups in total. The average Bonchev–Trinajstić information content (AvgIpc) is 2.72. The van der Waals surface area contributed by atoms with Crippen molar-refractivity contribution in [2.45, 2.75) is 45.6 Å². The summed E-state index contributed by atoms with van der Waals surface area (Å²) in [5.41, 5.74) is 0.881. The van der Waals surface area contributed by atoms with Crippen molar-refractivity contribution in [3.63, 3.8) is 0 Å². The molecule has 1 fully saturated rings. The van der Waals surface area contributed by atoms with Crippen LogP contribution in [0.2, 0.25) is 0 Å². The van der Waals surface area contributed by atoms with E-state index in [1.165, 1.54) is 0 Å². The Morgan fingerprint density at radius 1 is 1.23 bits per heavy atom. The van der Waals surface area contributed by atoms with Gasteiger partial charge >= 0.3 is 6.09 Å². The van der Waals surface area contributed by atoms with Crippen LogP contribution in [0.1, 0.15) is 49.5 Å². The van der Waals surface area contributed by atoms with Crippen LogP contribution in [0.25, 0.3) is 10.8 Å². The van der Waals surface area contributed by atoms with Crippen molar-refractivity contribution in [3.05, 3.63) is 41.5 Å². The summed E-state index contributed by atoms with van der Waals surface area (Å²) in [6.07, 6.45) is 1.39. The number of benzene rings is 2. The van der Waals surface area contributed by atoms with Gasteiger partial charge in [-0.15, -0.1) is 0 Å². The number of likely N-dealkylation sites (tertiary alicyclic amines) is 1. The van der Waals surface area contributed by atoms with Crippen molar-refractivity contribution >= 4 is 22.6 Å². The number of carbonyl (C=O) groups is 2. The van der Waals surface area contributed by atoms with Crippen LogP contribution in [0.4, 0.5) is 4.79 Å². The van der Waals surface area contributed by atoms with E-state index in [0.29, 0.717) is 24.4 Å². The molecule has 0 aromatic heterocycles. The molecular weight excluding hydrogens is 380 g/mol. The number of methoxy groups -OCH3 is 1. The summed E-state index contributed by atoms with van der Waals surface area (Å²) in [4.78, 5) is 27.2. The van der Waals surface area contributed by atoms with Crippen molar-refractivity contribution < 1.29 is 19.1 Å². The quantitative estimate of drug-likeness (QED) is 0.683. The van der Waals surface area contributed by atoms with Gasteiger partial charge < -0.3 is 14.4 Å². The highest BCUT2D eigenvalue weighted by Gasteiger charge is 2.31. The number of ketones is 1. The SMILES string of the molecule is COc1ccc2cc(C(=O)C3CCCN(C(=O)OC(C)(C)C)C3)ccc2c1CC#N. The summed E-state index contributed by atoms with van der Waals surface area (Å²) >= 11 is 0. The van der Waals surface area contributed by atoms with E-state index in [1.807, 2.05) is 45.0 Å². The van der Waals surface area contributed by atoms with Gasteiger partial charge in [0.05, 0.1) is 19.6 Å². The third-order valence-electron chi connectivity index (χ3n) is 5.29. The molecule has 0 aliphatic carbocycles. The number of amides is 1. The van der Waals surface area contributed by atoms with Crippen LogP contribution in [-0.4, -0.2) is 42.6 Å². The van der Waals surface area contributed by atoms with Gasteiger partial charge in [0, 0.05) is 30.1 Å². The number of nitriles is 1. The van der Waals surface area contributed by atoms with Crippen molar-refractivity contribution in [2.75, 3.05) is 20.2 Å². The third kappa shape index (κ3) is 4.73.